The molecule has 0 bridgehead atoms. The zero-order chi connectivity index (χ0) is 58.3. The quantitative estimate of drug-likeness (QED) is 0.144. The van der Waals surface area contributed by atoms with E-state index in [-0.39, 0.29) is 10.8 Å². The number of rotatable bonds is 9. The average molecular weight is 1110 g/mol. The van der Waals surface area contributed by atoms with Crippen LogP contribution >= 0.6 is 0 Å². The Morgan fingerprint density at radius 3 is 1.08 bits per heavy atom. The molecule has 2 aromatic heterocycles. The molecule has 2 aliphatic rings. The fourth-order valence-electron chi connectivity index (χ4n) is 14.8. The maximum atomic E-state index is 6.44. The van der Waals surface area contributed by atoms with Gasteiger partial charge in [-0.05, 0) is 202 Å². The van der Waals surface area contributed by atoms with Crippen LogP contribution in [0.5, 0.6) is 0 Å². The van der Waals surface area contributed by atoms with E-state index in [9.17, 15) is 0 Å². The predicted molar refractivity (Wildman–Crippen MR) is 361 cm³/mol. The van der Waals surface area contributed by atoms with Gasteiger partial charge in [0.05, 0.1) is 11.4 Å². The smallest absolute Gasteiger partial charge is 0.135 e. The van der Waals surface area contributed by atoms with E-state index < -0.39 is 0 Å². The standard InChI is InChI=1S/C82H64N2O2/c1-49-19-17-25-59(55-31-37-63-61-21-9-13-27-69(61)81(5,6)71(63)45-55)79(49)83(57-35-41-77-67(47-57)65-23-11-15-29-75(65)85-77)73-39-33-53(43-51(73)3)54-34-40-74(52(4)44-54)84(58-36-42-78-68(48-58)66-24-12-16-30-76(66)86-78)80-50(2)20-18-26-60(80)56-32-38-64-62-22-10-14-28-70(62)82(7,8)72(64)46-56/h9-48H,1-8H3. The summed E-state index contributed by atoms with van der Waals surface area (Å²) in [6.45, 7) is 18.5. The summed E-state index contributed by atoms with van der Waals surface area (Å²) in [5.74, 6) is 0. The van der Waals surface area contributed by atoms with Gasteiger partial charge in [0.25, 0.3) is 0 Å². The van der Waals surface area contributed by atoms with Crippen LogP contribution in [0, 0.1) is 27.7 Å². The van der Waals surface area contributed by atoms with Crippen LogP contribution in [-0.4, -0.2) is 0 Å². The number of hydrogen-bond acceptors (Lipinski definition) is 4. The summed E-state index contributed by atoms with van der Waals surface area (Å²) < 4.78 is 12.9. The summed E-state index contributed by atoms with van der Waals surface area (Å²) in [6.07, 6.45) is 0. The highest BCUT2D eigenvalue weighted by molar-refractivity contribution is 6.09. The molecule has 0 aliphatic heterocycles. The van der Waals surface area contributed by atoms with Gasteiger partial charge in [-0.25, -0.2) is 0 Å². The zero-order valence-corrected chi connectivity index (χ0v) is 49.8. The molecule has 14 aromatic rings. The molecule has 0 amide bonds. The Labute approximate surface area is 502 Å². The van der Waals surface area contributed by atoms with Gasteiger partial charge < -0.3 is 18.6 Å². The van der Waals surface area contributed by atoms with Gasteiger partial charge in [0.15, 0.2) is 0 Å². The van der Waals surface area contributed by atoms with E-state index in [1.807, 2.05) is 12.1 Å². The highest BCUT2D eigenvalue weighted by atomic mass is 16.3. The molecule has 2 aliphatic carbocycles. The fraction of sp³-hybridized carbons (Fsp3) is 0.122. The number of anilines is 6. The van der Waals surface area contributed by atoms with E-state index in [0.29, 0.717) is 0 Å². The van der Waals surface area contributed by atoms with Crippen LogP contribution in [0.1, 0.15) is 72.2 Å². The van der Waals surface area contributed by atoms with Crippen molar-refractivity contribution in [2.24, 2.45) is 0 Å². The molecular weight excluding hydrogens is 1040 g/mol. The molecule has 0 atom stereocenters. The van der Waals surface area contributed by atoms with Crippen LogP contribution < -0.4 is 9.80 Å². The minimum Gasteiger partial charge on any atom is -0.456 e. The molecule has 86 heavy (non-hydrogen) atoms. The first-order valence-electron chi connectivity index (χ1n) is 30.1. The molecule has 0 saturated carbocycles. The van der Waals surface area contributed by atoms with E-state index in [1.165, 1.54) is 77.9 Å². The highest BCUT2D eigenvalue weighted by Crippen LogP contribution is 2.54. The number of benzene rings is 12. The number of para-hydroxylation sites is 4. The van der Waals surface area contributed by atoms with Gasteiger partial charge in [-0.2, -0.15) is 0 Å². The van der Waals surface area contributed by atoms with E-state index in [2.05, 4.69) is 296 Å². The molecule has 0 spiro atoms. The number of furan rings is 2. The van der Waals surface area contributed by atoms with Gasteiger partial charge in [-0.1, -0.05) is 185 Å². The third kappa shape index (κ3) is 7.82. The summed E-state index contributed by atoms with van der Waals surface area (Å²) in [7, 11) is 0. The Kier molecular flexibility index (Phi) is 11.5. The summed E-state index contributed by atoms with van der Waals surface area (Å²) in [5, 5.41) is 4.39. The molecule has 0 saturated heterocycles. The molecular formula is C82H64N2O2. The number of fused-ring (bicyclic) bond motifs is 12. The molecule has 16 rings (SSSR count). The van der Waals surface area contributed by atoms with Crippen molar-refractivity contribution >= 4 is 78.0 Å². The van der Waals surface area contributed by atoms with Crippen LogP contribution in [0.2, 0.25) is 0 Å². The average Bonchev–Trinajstić information content (AvgIpc) is 1.92. The van der Waals surface area contributed by atoms with Crippen molar-refractivity contribution in [3.63, 3.8) is 0 Å². The first-order valence-corrected chi connectivity index (χ1v) is 30.1. The van der Waals surface area contributed by atoms with Crippen molar-refractivity contribution in [1.82, 2.24) is 0 Å². The van der Waals surface area contributed by atoms with Gasteiger partial charge in [0.2, 0.25) is 0 Å². The number of hydrogen-bond donors (Lipinski definition) is 0. The largest absolute Gasteiger partial charge is 0.456 e. The lowest BCUT2D eigenvalue weighted by molar-refractivity contribution is 0.660. The van der Waals surface area contributed by atoms with Gasteiger partial charge in [-0.3, -0.25) is 0 Å². The Morgan fingerprint density at radius 1 is 0.267 bits per heavy atom. The Morgan fingerprint density at radius 2 is 0.640 bits per heavy atom. The molecule has 0 radical (unpaired) electrons. The normalized spacial score (nSPS) is 13.5. The zero-order valence-electron chi connectivity index (χ0n) is 49.8. The van der Waals surface area contributed by atoms with Gasteiger partial charge >= 0.3 is 0 Å². The summed E-state index contributed by atoms with van der Waals surface area (Å²) in [5.41, 5.74) is 32.4. The highest BCUT2D eigenvalue weighted by Gasteiger charge is 2.37. The first kappa shape index (κ1) is 51.5. The summed E-state index contributed by atoms with van der Waals surface area (Å²) >= 11 is 0. The first-order chi connectivity index (χ1) is 41.8. The van der Waals surface area contributed by atoms with E-state index in [4.69, 9.17) is 8.83 Å². The van der Waals surface area contributed by atoms with Crippen molar-refractivity contribution in [2.45, 2.75) is 66.2 Å². The van der Waals surface area contributed by atoms with Gasteiger partial charge in [0, 0.05) is 66.3 Å². The van der Waals surface area contributed by atoms with Crippen molar-refractivity contribution in [3.8, 4) is 55.6 Å². The van der Waals surface area contributed by atoms with Crippen LogP contribution in [0.3, 0.4) is 0 Å². The maximum absolute atomic E-state index is 6.44. The summed E-state index contributed by atoms with van der Waals surface area (Å²) in [6, 6.07) is 89.7. The molecule has 414 valence electrons. The third-order valence-electron chi connectivity index (χ3n) is 19.2. The lowest BCUT2D eigenvalue weighted by Gasteiger charge is -2.32. The fourth-order valence-corrected chi connectivity index (χ4v) is 14.8. The van der Waals surface area contributed by atoms with E-state index >= 15 is 0 Å². The second-order valence-electron chi connectivity index (χ2n) is 25.0. The monoisotopic (exact) mass is 1110 g/mol. The predicted octanol–water partition coefficient (Wildman–Crippen LogP) is 23.3. The van der Waals surface area contributed by atoms with Crippen molar-refractivity contribution in [1.29, 1.82) is 0 Å². The summed E-state index contributed by atoms with van der Waals surface area (Å²) in [4.78, 5) is 4.98. The van der Waals surface area contributed by atoms with Crippen LogP contribution in [0.15, 0.2) is 251 Å². The second-order valence-corrected chi connectivity index (χ2v) is 25.0. The molecule has 0 unspecified atom stereocenters. The molecule has 0 fully saturated rings. The molecule has 0 N–H and O–H groups in total. The molecule has 2 heterocycles. The molecule has 12 aromatic carbocycles. The minimum atomic E-state index is -0.137. The van der Waals surface area contributed by atoms with Crippen LogP contribution in [-0.2, 0) is 10.8 Å². The van der Waals surface area contributed by atoms with E-state index in [1.54, 1.807) is 0 Å². The van der Waals surface area contributed by atoms with Crippen molar-refractivity contribution < 1.29 is 8.83 Å². The minimum absolute atomic E-state index is 0.137. The molecule has 4 nitrogen and oxygen atoms in total. The number of aryl methyl sites for hydroxylation is 4. The Hall–Kier alpha value is -10.2. The second kappa shape index (κ2) is 19.2. The SMILES string of the molecule is Cc1cc(-c2ccc(N(c3ccc4oc5ccccc5c4c3)c3c(C)cccc3-c3ccc4c(c3)C(C)(C)c3ccccc3-4)c(C)c2)ccc1N(c1ccc2oc3ccccc3c2c1)c1c(C)cccc1-c1ccc2c(c1)C(C)(C)c1ccccc1-2. The van der Waals surface area contributed by atoms with Crippen molar-refractivity contribution in [3.05, 3.63) is 287 Å². The lowest BCUT2D eigenvalue weighted by atomic mass is 9.81. The number of nitrogens with zero attached hydrogens (tertiary/aromatic N) is 2. The molecule has 4 heteroatoms. The van der Waals surface area contributed by atoms with Crippen molar-refractivity contribution in [2.75, 3.05) is 9.80 Å². The third-order valence-corrected chi connectivity index (χ3v) is 19.2. The Bertz CT molecular complexity index is 4820. The van der Waals surface area contributed by atoms with E-state index in [0.717, 1.165) is 100 Å². The van der Waals surface area contributed by atoms with Crippen LogP contribution in [0.4, 0.5) is 34.1 Å². The van der Waals surface area contributed by atoms with Gasteiger partial charge in [-0.15, -0.1) is 0 Å². The topological polar surface area (TPSA) is 32.8 Å². The van der Waals surface area contributed by atoms with Crippen LogP contribution in [0.25, 0.3) is 99.5 Å². The maximum Gasteiger partial charge on any atom is 0.135 e. The Balaban J connectivity index is 0.832. The van der Waals surface area contributed by atoms with Gasteiger partial charge in [0.1, 0.15) is 22.3 Å². The lowest BCUT2D eigenvalue weighted by Crippen LogP contribution is -2.16.